The van der Waals surface area contributed by atoms with Crippen molar-refractivity contribution in [2.45, 2.75) is 71.4 Å². The second kappa shape index (κ2) is 6.15. The van der Waals surface area contributed by atoms with Gasteiger partial charge in [0.05, 0.1) is 5.92 Å². The Morgan fingerprint density at radius 2 is 1.65 bits per heavy atom. The predicted octanol–water partition coefficient (Wildman–Crippen LogP) is 2.91. The molecule has 2 saturated carbocycles. The molecule has 2 fully saturated rings. The zero-order valence-electron chi connectivity index (χ0n) is 12.8. The van der Waals surface area contributed by atoms with Crippen LogP contribution in [-0.2, 0) is 9.59 Å². The van der Waals surface area contributed by atoms with Crippen LogP contribution in [0.2, 0.25) is 0 Å². The molecule has 0 radical (unpaired) electrons. The Hall–Kier alpha value is -1.06. The summed E-state index contributed by atoms with van der Waals surface area (Å²) < 4.78 is 0. The minimum Gasteiger partial charge on any atom is -0.481 e. The van der Waals surface area contributed by atoms with E-state index >= 15 is 0 Å². The topological polar surface area (TPSA) is 57.6 Å². The van der Waals surface area contributed by atoms with E-state index in [9.17, 15) is 14.7 Å². The number of carbonyl (C=O) groups excluding carboxylic acids is 1. The molecule has 0 saturated heterocycles. The molecule has 4 nitrogen and oxygen atoms in total. The first-order chi connectivity index (χ1) is 9.41. The lowest BCUT2D eigenvalue weighted by molar-refractivity contribution is -0.146. The summed E-state index contributed by atoms with van der Waals surface area (Å²) in [4.78, 5) is 26.1. The third kappa shape index (κ3) is 3.33. The maximum atomic E-state index is 12.8. The Morgan fingerprint density at radius 1 is 1.05 bits per heavy atom. The lowest BCUT2D eigenvalue weighted by Gasteiger charge is -2.37. The molecular weight excluding hydrogens is 254 g/mol. The number of carbonyl (C=O) groups is 2. The van der Waals surface area contributed by atoms with Crippen LogP contribution >= 0.6 is 0 Å². The van der Waals surface area contributed by atoms with Crippen LogP contribution in [0.15, 0.2) is 0 Å². The van der Waals surface area contributed by atoms with E-state index < -0.39 is 5.97 Å². The highest BCUT2D eigenvalue weighted by atomic mass is 16.4. The lowest BCUT2D eigenvalue weighted by Crippen LogP contribution is -2.47. The highest BCUT2D eigenvalue weighted by Gasteiger charge is 2.41. The van der Waals surface area contributed by atoms with E-state index in [1.807, 2.05) is 0 Å². The van der Waals surface area contributed by atoms with Gasteiger partial charge in [-0.1, -0.05) is 20.3 Å². The summed E-state index contributed by atoms with van der Waals surface area (Å²) in [5.74, 6) is -0.491. The molecule has 20 heavy (non-hydrogen) atoms. The molecule has 3 atom stereocenters. The Labute approximate surface area is 121 Å². The fraction of sp³-hybridized carbons (Fsp3) is 0.875. The van der Waals surface area contributed by atoms with Gasteiger partial charge in [-0.05, 0) is 44.9 Å². The molecule has 0 aliphatic heterocycles. The second-order valence-corrected chi connectivity index (χ2v) is 6.86. The minimum atomic E-state index is -0.739. The molecule has 1 amide bonds. The third-order valence-corrected chi connectivity index (χ3v) is 4.97. The number of carboxylic acid groups (broad SMARTS) is 1. The molecule has 0 bridgehead atoms. The van der Waals surface area contributed by atoms with Crippen molar-refractivity contribution in [1.29, 1.82) is 0 Å². The fourth-order valence-corrected chi connectivity index (χ4v) is 3.24. The molecule has 4 heteroatoms. The van der Waals surface area contributed by atoms with Crippen LogP contribution in [0.1, 0.15) is 59.3 Å². The quantitative estimate of drug-likeness (QED) is 0.843. The molecule has 0 spiro atoms. The molecule has 0 aromatic rings. The molecular formula is C16H27NO3. The first kappa shape index (κ1) is 15.3. The zero-order chi connectivity index (χ0) is 14.9. The van der Waals surface area contributed by atoms with Crippen LogP contribution in [0.3, 0.4) is 0 Å². The summed E-state index contributed by atoms with van der Waals surface area (Å²) in [5, 5.41) is 9.17. The number of hydrogen-bond acceptors (Lipinski definition) is 2. The molecule has 2 rings (SSSR count). The average molecular weight is 281 g/mol. The summed E-state index contributed by atoms with van der Waals surface area (Å²) in [5.41, 5.74) is 0. The highest BCUT2D eigenvalue weighted by Crippen LogP contribution is 2.36. The molecule has 0 aromatic heterocycles. The number of hydrogen-bond donors (Lipinski definition) is 1. The third-order valence-electron chi connectivity index (χ3n) is 4.97. The molecule has 2 aliphatic carbocycles. The number of nitrogens with zero attached hydrogens (tertiary/aromatic N) is 1. The van der Waals surface area contributed by atoms with Gasteiger partial charge in [-0.2, -0.15) is 0 Å². The summed E-state index contributed by atoms with van der Waals surface area (Å²) >= 11 is 0. The van der Waals surface area contributed by atoms with E-state index in [0.29, 0.717) is 18.4 Å². The van der Waals surface area contributed by atoms with Gasteiger partial charge in [0, 0.05) is 18.0 Å². The Morgan fingerprint density at radius 3 is 2.15 bits per heavy atom. The monoisotopic (exact) mass is 281 g/mol. The van der Waals surface area contributed by atoms with E-state index in [1.54, 1.807) is 0 Å². The Balaban J connectivity index is 2.05. The number of rotatable bonds is 5. The van der Waals surface area contributed by atoms with Gasteiger partial charge in [0.15, 0.2) is 0 Å². The number of amides is 1. The summed E-state index contributed by atoms with van der Waals surface area (Å²) in [7, 11) is 0. The van der Waals surface area contributed by atoms with Gasteiger partial charge in [0.1, 0.15) is 0 Å². The summed E-state index contributed by atoms with van der Waals surface area (Å²) in [6.45, 7) is 6.42. The van der Waals surface area contributed by atoms with Crippen molar-refractivity contribution in [1.82, 2.24) is 4.90 Å². The predicted molar refractivity (Wildman–Crippen MR) is 77.3 cm³/mol. The maximum Gasteiger partial charge on any atom is 0.306 e. The van der Waals surface area contributed by atoms with Crippen molar-refractivity contribution >= 4 is 11.9 Å². The van der Waals surface area contributed by atoms with Crippen molar-refractivity contribution < 1.29 is 14.7 Å². The summed E-state index contributed by atoms with van der Waals surface area (Å²) in [6.07, 6.45) is 5.19. The van der Waals surface area contributed by atoms with E-state index in [1.165, 1.54) is 0 Å². The van der Waals surface area contributed by atoms with Gasteiger partial charge < -0.3 is 10.0 Å². The van der Waals surface area contributed by atoms with Crippen molar-refractivity contribution in [3.05, 3.63) is 0 Å². The molecule has 3 unspecified atom stereocenters. The highest BCUT2D eigenvalue weighted by molar-refractivity contribution is 5.81. The number of aliphatic carboxylic acids is 1. The van der Waals surface area contributed by atoms with Gasteiger partial charge in [0.25, 0.3) is 0 Å². The van der Waals surface area contributed by atoms with Crippen molar-refractivity contribution in [3.8, 4) is 0 Å². The van der Waals surface area contributed by atoms with E-state index in [0.717, 1.165) is 32.1 Å². The van der Waals surface area contributed by atoms with Crippen LogP contribution in [0.5, 0.6) is 0 Å². The van der Waals surface area contributed by atoms with Crippen LogP contribution in [0.4, 0.5) is 0 Å². The van der Waals surface area contributed by atoms with Gasteiger partial charge in [-0.25, -0.2) is 0 Å². The first-order valence-corrected chi connectivity index (χ1v) is 7.96. The van der Waals surface area contributed by atoms with Gasteiger partial charge >= 0.3 is 5.97 Å². The van der Waals surface area contributed by atoms with Crippen LogP contribution in [-0.4, -0.2) is 34.0 Å². The van der Waals surface area contributed by atoms with Crippen molar-refractivity contribution in [2.24, 2.45) is 17.8 Å². The maximum absolute atomic E-state index is 12.8. The lowest BCUT2D eigenvalue weighted by atomic mass is 9.80. The van der Waals surface area contributed by atoms with Gasteiger partial charge in [0.2, 0.25) is 5.91 Å². The molecule has 1 N–H and O–H groups in total. The Kier molecular flexibility index (Phi) is 4.71. The molecule has 114 valence electrons. The van der Waals surface area contributed by atoms with Crippen LogP contribution in [0, 0.1) is 17.8 Å². The fourth-order valence-electron chi connectivity index (χ4n) is 3.24. The van der Waals surface area contributed by atoms with E-state index in [2.05, 4.69) is 25.7 Å². The SMILES string of the molecule is CC(C)C(C)N(C(=O)C1CCCC(C(=O)O)C1)C1CC1. The largest absolute Gasteiger partial charge is 0.481 e. The normalized spacial score (nSPS) is 28.2. The average Bonchev–Trinajstić information content (AvgIpc) is 3.23. The number of carboxylic acids is 1. The minimum absolute atomic E-state index is 0.0772. The van der Waals surface area contributed by atoms with Crippen molar-refractivity contribution in [3.63, 3.8) is 0 Å². The van der Waals surface area contributed by atoms with Crippen molar-refractivity contribution in [2.75, 3.05) is 0 Å². The molecule has 2 aliphatic rings. The second-order valence-electron chi connectivity index (χ2n) is 6.86. The molecule has 0 heterocycles. The van der Waals surface area contributed by atoms with Gasteiger partial charge in [-0.3, -0.25) is 9.59 Å². The Bertz CT molecular complexity index is 376. The van der Waals surface area contributed by atoms with E-state index in [-0.39, 0.29) is 23.8 Å². The smallest absolute Gasteiger partial charge is 0.306 e. The summed E-state index contributed by atoms with van der Waals surface area (Å²) in [6, 6.07) is 0.658. The first-order valence-electron chi connectivity index (χ1n) is 7.96. The van der Waals surface area contributed by atoms with Gasteiger partial charge in [-0.15, -0.1) is 0 Å². The zero-order valence-corrected chi connectivity index (χ0v) is 12.8. The van der Waals surface area contributed by atoms with Crippen LogP contribution < -0.4 is 0 Å². The van der Waals surface area contributed by atoms with Crippen LogP contribution in [0.25, 0.3) is 0 Å². The van der Waals surface area contributed by atoms with E-state index in [4.69, 9.17) is 0 Å². The standard InChI is InChI=1S/C16H27NO3/c1-10(2)11(3)17(14-7-8-14)15(18)12-5-4-6-13(9-12)16(19)20/h10-14H,4-9H2,1-3H3,(H,19,20). The molecule has 0 aromatic carbocycles.